The maximum atomic E-state index is 13.3. The fourth-order valence-electron chi connectivity index (χ4n) is 2.00. The molecule has 2 heterocycles. The van der Waals surface area contributed by atoms with E-state index in [4.69, 9.17) is 4.42 Å². The van der Waals surface area contributed by atoms with Gasteiger partial charge < -0.3 is 14.8 Å². The van der Waals surface area contributed by atoms with Gasteiger partial charge in [0.2, 0.25) is 11.5 Å². The lowest BCUT2D eigenvalue weighted by molar-refractivity contribution is -0.273. The molecule has 2 unspecified atom stereocenters. The minimum atomic E-state index is -5.08. The van der Waals surface area contributed by atoms with E-state index in [1.54, 1.807) is 0 Å². The molecule has 126 valence electrons. The van der Waals surface area contributed by atoms with E-state index in [0.29, 0.717) is 0 Å². The molecule has 2 rings (SSSR count). The lowest BCUT2D eigenvalue weighted by Gasteiger charge is -2.28. The summed E-state index contributed by atoms with van der Waals surface area (Å²) in [5.41, 5.74) is -3.41. The van der Waals surface area contributed by atoms with E-state index < -0.39 is 35.9 Å². The monoisotopic (exact) mass is 332 g/mol. The Morgan fingerprint density at radius 3 is 2.65 bits per heavy atom. The molecular formula is C13H15F3N4O3. The predicted molar refractivity (Wildman–Crippen MR) is 71.0 cm³/mol. The molecule has 0 aliphatic carbocycles. The summed E-state index contributed by atoms with van der Waals surface area (Å²) >= 11 is 0. The van der Waals surface area contributed by atoms with Gasteiger partial charge in [-0.2, -0.15) is 18.3 Å². The van der Waals surface area contributed by atoms with Crippen LogP contribution in [-0.4, -0.2) is 32.4 Å². The minimum absolute atomic E-state index is 0.193. The van der Waals surface area contributed by atoms with Crippen molar-refractivity contribution >= 4 is 5.91 Å². The van der Waals surface area contributed by atoms with Crippen LogP contribution in [0, 0.1) is 6.92 Å². The average molecular weight is 332 g/mol. The van der Waals surface area contributed by atoms with Gasteiger partial charge in [-0.3, -0.25) is 9.89 Å². The Kier molecular flexibility index (Phi) is 4.46. The number of aliphatic hydroxyl groups is 1. The highest BCUT2D eigenvalue weighted by Gasteiger charge is 2.58. The number of furan rings is 1. The molecule has 0 aromatic carbocycles. The Balaban J connectivity index is 2.17. The number of carbonyl (C=O) groups excluding carboxylic acids is 1. The van der Waals surface area contributed by atoms with Gasteiger partial charge in [-0.05, 0) is 26.0 Å². The van der Waals surface area contributed by atoms with E-state index in [1.807, 2.05) is 0 Å². The first-order valence-electron chi connectivity index (χ1n) is 6.64. The zero-order valence-corrected chi connectivity index (χ0v) is 12.3. The van der Waals surface area contributed by atoms with Crippen molar-refractivity contribution in [3.8, 4) is 0 Å². The summed E-state index contributed by atoms with van der Waals surface area (Å²) in [6.45, 7) is 2.95. The normalized spacial score (nSPS) is 15.9. The SMILES string of the molecule is Cc1ccc(C(O)(CC(=O)NC(C)c2ncn[nH]2)C(F)(F)F)o1. The van der Waals surface area contributed by atoms with Crippen LogP contribution in [0.5, 0.6) is 0 Å². The molecular weight excluding hydrogens is 317 g/mol. The van der Waals surface area contributed by atoms with Gasteiger partial charge in [-0.25, -0.2) is 4.98 Å². The Bertz CT molecular complexity index is 668. The molecule has 2 aromatic rings. The topological polar surface area (TPSA) is 104 Å². The number of H-pyrrole nitrogens is 1. The lowest BCUT2D eigenvalue weighted by Crippen LogP contribution is -2.46. The summed E-state index contributed by atoms with van der Waals surface area (Å²) in [7, 11) is 0. The first kappa shape index (κ1) is 17.0. The third-order valence-corrected chi connectivity index (χ3v) is 3.25. The van der Waals surface area contributed by atoms with Gasteiger partial charge in [-0.1, -0.05) is 0 Å². The lowest BCUT2D eigenvalue weighted by atomic mass is 9.95. The van der Waals surface area contributed by atoms with Gasteiger partial charge in [0.1, 0.15) is 23.7 Å². The number of carbonyl (C=O) groups is 1. The van der Waals surface area contributed by atoms with Crippen LogP contribution in [0.3, 0.4) is 0 Å². The van der Waals surface area contributed by atoms with Crippen LogP contribution in [0.4, 0.5) is 13.2 Å². The number of halogens is 3. The Morgan fingerprint density at radius 2 is 2.17 bits per heavy atom. The summed E-state index contributed by atoms with van der Waals surface area (Å²) in [5.74, 6) is -1.27. The summed E-state index contributed by atoms with van der Waals surface area (Å²) in [6.07, 6.45) is -5.11. The Hall–Kier alpha value is -2.36. The van der Waals surface area contributed by atoms with Crippen LogP contribution in [0.2, 0.25) is 0 Å². The molecule has 0 fully saturated rings. The fourth-order valence-corrected chi connectivity index (χ4v) is 2.00. The number of hydrogen-bond acceptors (Lipinski definition) is 5. The summed E-state index contributed by atoms with van der Waals surface area (Å²) < 4.78 is 44.6. The molecule has 0 bridgehead atoms. The van der Waals surface area contributed by atoms with Crippen molar-refractivity contribution in [2.45, 2.75) is 38.1 Å². The molecule has 0 aliphatic rings. The van der Waals surface area contributed by atoms with E-state index in [-0.39, 0.29) is 11.6 Å². The molecule has 2 atom stereocenters. The fraction of sp³-hybridized carbons (Fsp3) is 0.462. The summed E-state index contributed by atoms with van der Waals surface area (Å²) in [6, 6.07) is 1.58. The number of amides is 1. The predicted octanol–water partition coefficient (Wildman–Crippen LogP) is 1.72. The van der Waals surface area contributed by atoms with Crippen molar-refractivity contribution in [2.75, 3.05) is 0 Å². The molecule has 23 heavy (non-hydrogen) atoms. The highest BCUT2D eigenvalue weighted by Crippen LogP contribution is 2.42. The quantitative estimate of drug-likeness (QED) is 0.773. The van der Waals surface area contributed by atoms with Crippen molar-refractivity contribution in [1.82, 2.24) is 20.5 Å². The van der Waals surface area contributed by atoms with Crippen LogP contribution in [0.15, 0.2) is 22.9 Å². The van der Waals surface area contributed by atoms with Crippen LogP contribution in [-0.2, 0) is 10.4 Å². The molecule has 0 spiro atoms. The standard InChI is InChI=1S/C13H15F3N4O3/c1-7-3-4-9(23-7)12(22,13(14,15)16)5-10(21)19-8(2)11-17-6-18-20-11/h3-4,6,8,22H,5H2,1-2H3,(H,19,21)(H,17,18,20). The number of aromatic amines is 1. The second kappa shape index (κ2) is 6.03. The second-order valence-corrected chi connectivity index (χ2v) is 5.11. The largest absolute Gasteiger partial charge is 0.463 e. The number of nitrogens with one attached hydrogen (secondary N) is 2. The minimum Gasteiger partial charge on any atom is -0.463 e. The Labute approximate surface area is 128 Å². The summed E-state index contributed by atoms with van der Waals surface area (Å²) in [4.78, 5) is 15.7. The average Bonchev–Trinajstić information content (AvgIpc) is 3.07. The van der Waals surface area contributed by atoms with Crippen molar-refractivity contribution in [3.05, 3.63) is 35.8 Å². The smallest absolute Gasteiger partial charge is 0.425 e. The van der Waals surface area contributed by atoms with Gasteiger partial charge in [0.05, 0.1) is 12.5 Å². The zero-order chi connectivity index (χ0) is 17.3. The number of aromatic nitrogens is 3. The molecule has 7 nitrogen and oxygen atoms in total. The van der Waals surface area contributed by atoms with Crippen molar-refractivity contribution in [1.29, 1.82) is 0 Å². The van der Waals surface area contributed by atoms with E-state index in [2.05, 4.69) is 20.5 Å². The van der Waals surface area contributed by atoms with Gasteiger partial charge in [0.25, 0.3) is 0 Å². The van der Waals surface area contributed by atoms with Gasteiger partial charge >= 0.3 is 6.18 Å². The number of hydrogen-bond donors (Lipinski definition) is 3. The Morgan fingerprint density at radius 1 is 1.48 bits per heavy atom. The van der Waals surface area contributed by atoms with Gasteiger partial charge in [-0.15, -0.1) is 0 Å². The van der Waals surface area contributed by atoms with Crippen LogP contribution < -0.4 is 5.32 Å². The molecule has 0 radical (unpaired) electrons. The van der Waals surface area contributed by atoms with Crippen molar-refractivity contribution in [3.63, 3.8) is 0 Å². The maximum Gasteiger partial charge on any atom is 0.425 e. The number of rotatable bonds is 5. The van der Waals surface area contributed by atoms with E-state index in [0.717, 1.165) is 6.07 Å². The number of alkyl halides is 3. The van der Waals surface area contributed by atoms with Crippen molar-refractivity contribution in [2.24, 2.45) is 0 Å². The van der Waals surface area contributed by atoms with E-state index in [1.165, 1.54) is 26.2 Å². The van der Waals surface area contributed by atoms with Crippen molar-refractivity contribution < 1.29 is 27.5 Å². The molecule has 0 aliphatic heterocycles. The third kappa shape index (κ3) is 3.52. The second-order valence-electron chi connectivity index (χ2n) is 5.11. The highest BCUT2D eigenvalue weighted by atomic mass is 19.4. The van der Waals surface area contributed by atoms with Crippen LogP contribution in [0.25, 0.3) is 0 Å². The molecule has 0 saturated carbocycles. The van der Waals surface area contributed by atoms with Crippen LogP contribution in [0.1, 0.15) is 36.7 Å². The van der Waals surface area contributed by atoms with Gasteiger partial charge in [0.15, 0.2) is 0 Å². The van der Waals surface area contributed by atoms with Gasteiger partial charge in [0, 0.05) is 0 Å². The first-order valence-corrected chi connectivity index (χ1v) is 6.64. The van der Waals surface area contributed by atoms with E-state index >= 15 is 0 Å². The first-order chi connectivity index (χ1) is 10.6. The molecule has 0 saturated heterocycles. The summed E-state index contributed by atoms with van der Waals surface area (Å²) in [5, 5.41) is 18.4. The van der Waals surface area contributed by atoms with E-state index in [9.17, 15) is 23.1 Å². The molecule has 10 heteroatoms. The molecule has 2 aromatic heterocycles. The third-order valence-electron chi connectivity index (χ3n) is 3.25. The number of aryl methyl sites for hydroxylation is 1. The zero-order valence-electron chi connectivity index (χ0n) is 12.3. The number of nitrogens with zero attached hydrogens (tertiary/aromatic N) is 2. The maximum absolute atomic E-state index is 13.3. The molecule has 1 amide bonds. The molecule has 3 N–H and O–H groups in total. The van der Waals surface area contributed by atoms with Crippen LogP contribution >= 0.6 is 0 Å². The highest BCUT2D eigenvalue weighted by molar-refractivity contribution is 5.77.